The summed E-state index contributed by atoms with van der Waals surface area (Å²) in [5, 5.41) is 4.10. The average Bonchev–Trinajstić information content (AvgIpc) is 3.54. The quantitative estimate of drug-likeness (QED) is 0.274. The molecule has 2 atom stereocenters. The van der Waals surface area contributed by atoms with Gasteiger partial charge in [0.15, 0.2) is 5.58 Å². The second kappa shape index (κ2) is 9.33. The molecule has 2 N–H and O–H groups in total. The zero-order valence-corrected chi connectivity index (χ0v) is 20.8. The minimum Gasteiger partial charge on any atom is -0.421 e. The second-order valence-electron chi connectivity index (χ2n) is 9.14. The number of para-hydroxylation sites is 1. The summed E-state index contributed by atoms with van der Waals surface area (Å²) < 4.78 is 12.1. The molecule has 3 aromatic carbocycles. The van der Waals surface area contributed by atoms with Gasteiger partial charge in [0.25, 0.3) is 6.01 Å². The van der Waals surface area contributed by atoms with Crippen LogP contribution in [0.15, 0.2) is 77.3 Å². The first kappa shape index (κ1) is 22.6. The molecule has 0 bridgehead atoms. The number of rotatable bonds is 5. The molecule has 182 valence electrons. The number of fused-ring (bicyclic) bond motifs is 1. The van der Waals surface area contributed by atoms with Crippen molar-refractivity contribution in [2.75, 3.05) is 23.3 Å². The summed E-state index contributed by atoms with van der Waals surface area (Å²) in [6.45, 7) is 5.62. The Morgan fingerprint density at radius 3 is 2.61 bits per heavy atom. The van der Waals surface area contributed by atoms with Gasteiger partial charge in [0.2, 0.25) is 0 Å². The first-order chi connectivity index (χ1) is 17.5. The minimum atomic E-state index is 0.123. The van der Waals surface area contributed by atoms with Gasteiger partial charge in [-0.25, -0.2) is 4.98 Å². The molecular weight excluding hydrogens is 474 g/mol. The van der Waals surface area contributed by atoms with Crippen molar-refractivity contribution < 1.29 is 9.15 Å². The number of benzene rings is 3. The normalized spacial score (nSPS) is 18.0. The molecule has 0 amide bonds. The van der Waals surface area contributed by atoms with Crippen molar-refractivity contribution in [3.8, 4) is 22.6 Å². The lowest BCUT2D eigenvalue weighted by Gasteiger charge is -2.34. The van der Waals surface area contributed by atoms with Gasteiger partial charge in [0.1, 0.15) is 11.3 Å². The fourth-order valence-corrected chi connectivity index (χ4v) is 4.87. The molecule has 1 aliphatic rings. The number of morpholine rings is 1. The molecule has 1 aliphatic heterocycles. The van der Waals surface area contributed by atoms with Gasteiger partial charge >= 0.3 is 0 Å². The maximum atomic E-state index is 6.56. The van der Waals surface area contributed by atoms with E-state index in [4.69, 9.17) is 25.7 Å². The maximum absolute atomic E-state index is 6.56. The van der Waals surface area contributed by atoms with E-state index in [-0.39, 0.29) is 12.2 Å². The first-order valence-corrected chi connectivity index (χ1v) is 12.4. The molecule has 3 heterocycles. The number of halogens is 1. The van der Waals surface area contributed by atoms with Crippen molar-refractivity contribution in [1.82, 2.24) is 15.0 Å². The highest BCUT2D eigenvalue weighted by Gasteiger charge is 2.26. The van der Waals surface area contributed by atoms with Crippen molar-refractivity contribution in [2.45, 2.75) is 26.1 Å². The van der Waals surface area contributed by atoms with Gasteiger partial charge < -0.3 is 24.4 Å². The van der Waals surface area contributed by atoms with Gasteiger partial charge in [-0.2, -0.15) is 4.98 Å². The predicted octanol–water partition coefficient (Wildman–Crippen LogP) is 6.90. The highest BCUT2D eigenvalue weighted by molar-refractivity contribution is 6.33. The van der Waals surface area contributed by atoms with Crippen molar-refractivity contribution in [3.05, 3.63) is 77.9 Å². The van der Waals surface area contributed by atoms with Gasteiger partial charge in [-0.3, -0.25) is 0 Å². The topological polar surface area (TPSA) is 79.2 Å². The third kappa shape index (κ3) is 4.43. The number of nitrogens with zero attached hydrogens (tertiary/aromatic N) is 3. The van der Waals surface area contributed by atoms with Crippen LogP contribution in [-0.4, -0.2) is 40.2 Å². The summed E-state index contributed by atoms with van der Waals surface area (Å²) in [5.74, 6) is 0.707. The zero-order valence-electron chi connectivity index (χ0n) is 20.0. The van der Waals surface area contributed by atoms with E-state index in [1.54, 1.807) is 0 Å². The summed E-state index contributed by atoms with van der Waals surface area (Å²) in [6, 6.07) is 22.4. The van der Waals surface area contributed by atoms with Crippen LogP contribution >= 0.6 is 11.6 Å². The highest BCUT2D eigenvalue weighted by Crippen LogP contribution is 2.34. The molecule has 6 rings (SSSR count). The van der Waals surface area contributed by atoms with Crippen LogP contribution in [0.5, 0.6) is 0 Å². The lowest BCUT2D eigenvalue weighted by molar-refractivity contribution is -0.00662. The Labute approximate surface area is 214 Å². The number of aromatic nitrogens is 3. The number of oxazole rings is 1. The van der Waals surface area contributed by atoms with Gasteiger partial charge in [-0.05, 0) is 49.7 Å². The van der Waals surface area contributed by atoms with E-state index in [9.17, 15) is 0 Å². The van der Waals surface area contributed by atoms with Crippen LogP contribution in [0.4, 0.5) is 17.4 Å². The SMILES string of the molecule is C[C@@H]1CN(c2nc3cccc(Nc4ccc(Cl)c(-c5ncc(-c6ccccc6)[nH]5)c4)c3o2)C[C@H](C)O1. The van der Waals surface area contributed by atoms with Crippen molar-refractivity contribution in [1.29, 1.82) is 0 Å². The Morgan fingerprint density at radius 1 is 1.00 bits per heavy atom. The monoisotopic (exact) mass is 499 g/mol. The smallest absolute Gasteiger partial charge is 0.298 e. The molecule has 2 aromatic heterocycles. The Morgan fingerprint density at radius 2 is 1.81 bits per heavy atom. The van der Waals surface area contributed by atoms with Gasteiger partial charge in [0, 0.05) is 24.3 Å². The molecular formula is C28H26ClN5O2. The summed E-state index contributed by atoms with van der Waals surface area (Å²) >= 11 is 6.56. The Bertz CT molecular complexity index is 1500. The number of imidazole rings is 1. The lowest BCUT2D eigenvalue weighted by atomic mass is 10.1. The maximum Gasteiger partial charge on any atom is 0.298 e. The largest absolute Gasteiger partial charge is 0.421 e. The van der Waals surface area contributed by atoms with Crippen molar-refractivity contribution in [2.24, 2.45) is 0 Å². The molecule has 0 spiro atoms. The summed E-state index contributed by atoms with van der Waals surface area (Å²) in [7, 11) is 0. The highest BCUT2D eigenvalue weighted by atomic mass is 35.5. The van der Waals surface area contributed by atoms with Crippen LogP contribution in [0, 0.1) is 0 Å². The Kier molecular flexibility index (Phi) is 5.87. The molecule has 5 aromatic rings. The van der Waals surface area contributed by atoms with Crippen molar-refractivity contribution >= 4 is 40.1 Å². The summed E-state index contributed by atoms with van der Waals surface area (Å²) in [6.07, 6.45) is 2.07. The average molecular weight is 500 g/mol. The van der Waals surface area contributed by atoms with E-state index in [2.05, 4.69) is 34.0 Å². The van der Waals surface area contributed by atoms with Crippen molar-refractivity contribution in [3.63, 3.8) is 0 Å². The molecule has 7 nitrogen and oxygen atoms in total. The van der Waals surface area contributed by atoms with E-state index in [0.29, 0.717) is 22.4 Å². The third-order valence-corrected chi connectivity index (χ3v) is 6.58. The number of H-pyrrole nitrogens is 1. The van der Waals surface area contributed by atoms with Gasteiger partial charge in [-0.15, -0.1) is 0 Å². The van der Waals surface area contributed by atoms with E-state index < -0.39 is 0 Å². The number of nitrogens with one attached hydrogen (secondary N) is 2. The number of aromatic amines is 1. The minimum absolute atomic E-state index is 0.123. The number of hydrogen-bond donors (Lipinski definition) is 2. The Hall–Kier alpha value is -3.81. The number of hydrogen-bond acceptors (Lipinski definition) is 6. The Balaban J connectivity index is 1.29. The summed E-state index contributed by atoms with van der Waals surface area (Å²) in [4.78, 5) is 14.9. The van der Waals surface area contributed by atoms with Crippen LogP contribution in [0.25, 0.3) is 33.7 Å². The molecule has 8 heteroatoms. The number of anilines is 3. The van der Waals surface area contributed by atoms with Gasteiger partial charge in [0.05, 0.1) is 34.8 Å². The van der Waals surface area contributed by atoms with E-state index in [1.165, 1.54) is 0 Å². The molecule has 0 aliphatic carbocycles. The zero-order chi connectivity index (χ0) is 24.6. The summed E-state index contributed by atoms with van der Waals surface area (Å²) in [5.41, 5.74) is 6.02. The first-order valence-electron chi connectivity index (χ1n) is 12.0. The molecule has 0 unspecified atom stereocenters. The van der Waals surface area contributed by atoms with Crippen LogP contribution in [0.1, 0.15) is 13.8 Å². The van der Waals surface area contributed by atoms with E-state index >= 15 is 0 Å². The van der Waals surface area contributed by atoms with Crippen LogP contribution in [0.2, 0.25) is 5.02 Å². The second-order valence-corrected chi connectivity index (χ2v) is 9.55. The van der Waals surface area contributed by atoms with Crippen LogP contribution in [0.3, 0.4) is 0 Å². The molecule has 0 saturated carbocycles. The molecule has 1 saturated heterocycles. The van der Waals surface area contributed by atoms with E-state index in [0.717, 1.165) is 46.8 Å². The standard InChI is InChI=1S/C28H26ClN5O2/c1-17-15-34(16-18(2)35-17)28-33-24-10-6-9-23(26(24)36-28)31-20-11-12-22(29)21(13-20)27-30-14-25(32-27)19-7-4-3-5-8-19/h3-14,17-18,31H,15-16H2,1-2H3,(H,30,32)/t17-,18+. The third-order valence-electron chi connectivity index (χ3n) is 6.25. The molecule has 0 radical (unpaired) electrons. The van der Waals surface area contributed by atoms with Crippen LogP contribution < -0.4 is 10.2 Å². The molecule has 36 heavy (non-hydrogen) atoms. The van der Waals surface area contributed by atoms with E-state index in [1.807, 2.05) is 72.9 Å². The van der Waals surface area contributed by atoms with Gasteiger partial charge in [-0.1, -0.05) is 48.0 Å². The fraction of sp³-hybridized carbons (Fsp3) is 0.214. The number of ether oxygens (including phenoxy) is 1. The van der Waals surface area contributed by atoms with Crippen LogP contribution in [-0.2, 0) is 4.74 Å². The molecule has 1 fully saturated rings. The fourth-order valence-electron chi connectivity index (χ4n) is 4.67. The predicted molar refractivity (Wildman–Crippen MR) is 144 cm³/mol. The lowest BCUT2D eigenvalue weighted by Crippen LogP contribution is -2.45.